The number of ether oxygens (including phenoxy) is 1. The molecule has 0 radical (unpaired) electrons. The average Bonchev–Trinajstić information content (AvgIpc) is 3.32. The summed E-state index contributed by atoms with van der Waals surface area (Å²) in [7, 11) is 5.16. The van der Waals surface area contributed by atoms with Gasteiger partial charge in [0.25, 0.3) is 0 Å². The number of imide groups is 1. The van der Waals surface area contributed by atoms with Crippen LogP contribution in [0.2, 0.25) is 0 Å². The quantitative estimate of drug-likeness (QED) is 0.477. The standard InChI is InChI=1S/C25H28FN3O4S/c1-28(2)17-9-5-15(6-10-17)21-19-20(25(27-21,13-14-34-4)24(32)33-3)23(31)29(22(19)30)18-11-7-16(26)8-12-18/h5-12,19-21,27H,13-14H2,1-4H3/t19-,20-,21-,25-/m1/s1. The normalized spacial score (nSPS) is 26.0. The summed E-state index contributed by atoms with van der Waals surface area (Å²) in [5.41, 5.74) is 0.727. The number of amides is 2. The molecule has 0 aromatic heterocycles. The molecule has 7 nitrogen and oxygen atoms in total. The molecule has 0 spiro atoms. The molecule has 0 bridgehead atoms. The Morgan fingerprint density at radius 2 is 1.76 bits per heavy atom. The number of nitrogens with one attached hydrogen (secondary N) is 1. The summed E-state index contributed by atoms with van der Waals surface area (Å²) in [6.07, 6.45) is 2.24. The molecule has 2 aromatic rings. The highest BCUT2D eigenvalue weighted by Crippen LogP contribution is 2.51. The van der Waals surface area contributed by atoms with E-state index >= 15 is 0 Å². The van der Waals surface area contributed by atoms with Gasteiger partial charge >= 0.3 is 5.97 Å². The van der Waals surface area contributed by atoms with Gasteiger partial charge in [-0.15, -0.1) is 0 Å². The predicted molar refractivity (Wildman–Crippen MR) is 130 cm³/mol. The van der Waals surface area contributed by atoms with Gasteiger partial charge in [0.05, 0.1) is 24.6 Å². The fourth-order valence-electron chi connectivity index (χ4n) is 5.08. The molecule has 2 fully saturated rings. The highest BCUT2D eigenvalue weighted by atomic mass is 32.2. The summed E-state index contributed by atoms with van der Waals surface area (Å²) >= 11 is 1.55. The van der Waals surface area contributed by atoms with E-state index in [1.165, 1.54) is 31.4 Å². The molecule has 2 aromatic carbocycles. The number of esters is 1. The van der Waals surface area contributed by atoms with E-state index in [2.05, 4.69) is 5.32 Å². The van der Waals surface area contributed by atoms with Crippen molar-refractivity contribution in [2.24, 2.45) is 11.8 Å². The molecule has 0 unspecified atom stereocenters. The van der Waals surface area contributed by atoms with Gasteiger partial charge in [-0.1, -0.05) is 12.1 Å². The molecule has 1 N–H and O–H groups in total. The second kappa shape index (κ2) is 9.38. The van der Waals surface area contributed by atoms with Crippen LogP contribution in [0.15, 0.2) is 48.5 Å². The molecule has 2 aliphatic rings. The second-order valence-corrected chi connectivity index (χ2v) is 9.79. The number of thioether (sulfide) groups is 1. The maximum atomic E-state index is 13.8. The lowest BCUT2D eigenvalue weighted by Gasteiger charge is -2.32. The SMILES string of the molecule is COC(=O)[C@]1(CCSC)N[C@H](c2ccc(N(C)C)cc2)[C@@H]2C(=O)N(c3ccc(F)cc3)C(=O)[C@@H]21. The van der Waals surface area contributed by atoms with E-state index < -0.39 is 47.0 Å². The summed E-state index contributed by atoms with van der Waals surface area (Å²) in [6.45, 7) is 0. The minimum absolute atomic E-state index is 0.288. The maximum Gasteiger partial charge on any atom is 0.326 e. The summed E-state index contributed by atoms with van der Waals surface area (Å²) in [5.74, 6) is -3.07. The van der Waals surface area contributed by atoms with Crippen LogP contribution < -0.4 is 15.1 Å². The zero-order chi connectivity index (χ0) is 24.6. The Balaban J connectivity index is 1.83. The summed E-state index contributed by atoms with van der Waals surface area (Å²) in [6, 6.07) is 12.3. The van der Waals surface area contributed by atoms with E-state index in [-0.39, 0.29) is 5.69 Å². The molecule has 2 saturated heterocycles. The first-order valence-electron chi connectivity index (χ1n) is 11.0. The van der Waals surface area contributed by atoms with Crippen LogP contribution in [0, 0.1) is 17.7 Å². The van der Waals surface area contributed by atoms with E-state index in [1.54, 1.807) is 11.8 Å². The second-order valence-electron chi connectivity index (χ2n) is 8.81. The maximum absolute atomic E-state index is 13.8. The van der Waals surface area contributed by atoms with Crippen molar-refractivity contribution in [1.82, 2.24) is 5.32 Å². The Labute approximate surface area is 202 Å². The van der Waals surface area contributed by atoms with Crippen molar-refractivity contribution in [3.8, 4) is 0 Å². The predicted octanol–water partition coefficient (Wildman–Crippen LogP) is 3.01. The summed E-state index contributed by atoms with van der Waals surface area (Å²) in [5, 5.41) is 3.37. The minimum atomic E-state index is -1.35. The van der Waals surface area contributed by atoms with Crippen molar-refractivity contribution in [3.63, 3.8) is 0 Å². The third-order valence-corrected chi connectivity index (χ3v) is 7.37. The van der Waals surface area contributed by atoms with Gasteiger partial charge in [0, 0.05) is 25.8 Å². The van der Waals surface area contributed by atoms with E-state index in [0.717, 1.165) is 16.2 Å². The van der Waals surface area contributed by atoms with Crippen molar-refractivity contribution < 1.29 is 23.5 Å². The van der Waals surface area contributed by atoms with E-state index in [1.807, 2.05) is 49.5 Å². The lowest BCUT2D eigenvalue weighted by molar-refractivity contribution is -0.152. The number of fused-ring (bicyclic) bond motifs is 1. The number of anilines is 2. The Hall–Kier alpha value is -2.91. The van der Waals surface area contributed by atoms with Gasteiger partial charge in [-0.25, -0.2) is 9.29 Å². The van der Waals surface area contributed by atoms with Crippen LogP contribution in [0.3, 0.4) is 0 Å². The van der Waals surface area contributed by atoms with Crippen molar-refractivity contribution in [2.45, 2.75) is 18.0 Å². The molecule has 0 aliphatic carbocycles. The zero-order valence-corrected chi connectivity index (χ0v) is 20.4. The molecular formula is C25H28FN3O4S. The molecule has 2 heterocycles. The summed E-state index contributed by atoms with van der Waals surface area (Å²) in [4.78, 5) is 43.7. The fourth-order valence-corrected chi connectivity index (χ4v) is 5.60. The number of hydrogen-bond acceptors (Lipinski definition) is 7. The molecule has 180 valence electrons. The molecule has 2 aliphatic heterocycles. The van der Waals surface area contributed by atoms with Crippen LogP contribution in [-0.2, 0) is 19.1 Å². The monoisotopic (exact) mass is 485 g/mol. The van der Waals surface area contributed by atoms with Crippen LogP contribution in [0.25, 0.3) is 0 Å². The highest BCUT2D eigenvalue weighted by molar-refractivity contribution is 7.98. The highest BCUT2D eigenvalue weighted by Gasteiger charge is 2.68. The molecule has 0 saturated carbocycles. The number of carbonyl (C=O) groups excluding carboxylic acids is 3. The number of rotatable bonds is 7. The first-order chi connectivity index (χ1) is 16.2. The molecule has 34 heavy (non-hydrogen) atoms. The third-order valence-electron chi connectivity index (χ3n) is 6.76. The van der Waals surface area contributed by atoms with Crippen LogP contribution in [0.4, 0.5) is 15.8 Å². The minimum Gasteiger partial charge on any atom is -0.468 e. The number of methoxy groups -OCH3 is 1. The zero-order valence-electron chi connectivity index (χ0n) is 19.6. The van der Waals surface area contributed by atoms with Gasteiger partial charge in [-0.2, -0.15) is 11.8 Å². The fraction of sp³-hybridized carbons (Fsp3) is 0.400. The topological polar surface area (TPSA) is 79.0 Å². The van der Waals surface area contributed by atoms with Gasteiger partial charge in [0.1, 0.15) is 11.4 Å². The summed E-state index contributed by atoms with van der Waals surface area (Å²) < 4.78 is 18.7. The number of benzene rings is 2. The molecule has 4 atom stereocenters. The van der Waals surface area contributed by atoms with Gasteiger partial charge in [-0.3, -0.25) is 19.7 Å². The van der Waals surface area contributed by atoms with Crippen molar-refractivity contribution >= 4 is 40.9 Å². The van der Waals surface area contributed by atoms with Gasteiger partial charge in [0.15, 0.2) is 0 Å². The van der Waals surface area contributed by atoms with Crippen LogP contribution in [-0.4, -0.2) is 56.5 Å². The van der Waals surface area contributed by atoms with Crippen LogP contribution in [0.5, 0.6) is 0 Å². The van der Waals surface area contributed by atoms with E-state index in [4.69, 9.17) is 4.74 Å². The van der Waals surface area contributed by atoms with Crippen LogP contribution in [0.1, 0.15) is 18.0 Å². The average molecular weight is 486 g/mol. The molecule has 4 rings (SSSR count). The first kappa shape index (κ1) is 24.2. The molecule has 9 heteroatoms. The number of nitrogens with zero attached hydrogens (tertiary/aromatic N) is 2. The van der Waals surface area contributed by atoms with Gasteiger partial charge in [0.2, 0.25) is 11.8 Å². The lowest BCUT2D eigenvalue weighted by atomic mass is 9.78. The van der Waals surface area contributed by atoms with Crippen molar-refractivity contribution in [2.75, 3.05) is 43.0 Å². The van der Waals surface area contributed by atoms with Crippen LogP contribution >= 0.6 is 11.8 Å². The Morgan fingerprint density at radius 1 is 1.12 bits per heavy atom. The Bertz CT molecular complexity index is 1090. The number of halogens is 1. The largest absolute Gasteiger partial charge is 0.468 e. The van der Waals surface area contributed by atoms with Gasteiger partial charge < -0.3 is 9.64 Å². The Morgan fingerprint density at radius 3 is 2.32 bits per heavy atom. The molecular weight excluding hydrogens is 457 g/mol. The molecule has 2 amide bonds. The van der Waals surface area contributed by atoms with E-state index in [0.29, 0.717) is 12.2 Å². The number of carbonyl (C=O) groups is 3. The van der Waals surface area contributed by atoms with Crippen molar-refractivity contribution in [3.05, 3.63) is 59.9 Å². The lowest BCUT2D eigenvalue weighted by Crippen LogP contribution is -2.56. The number of hydrogen-bond donors (Lipinski definition) is 1. The smallest absolute Gasteiger partial charge is 0.326 e. The third kappa shape index (κ3) is 3.86. The van der Waals surface area contributed by atoms with Gasteiger partial charge in [-0.05, 0) is 60.4 Å². The first-order valence-corrected chi connectivity index (χ1v) is 12.4. The van der Waals surface area contributed by atoms with Crippen molar-refractivity contribution in [1.29, 1.82) is 0 Å². The Kier molecular flexibility index (Phi) is 6.69. The van der Waals surface area contributed by atoms with E-state index in [9.17, 15) is 18.8 Å².